The second-order valence-corrected chi connectivity index (χ2v) is 12.0. The molecule has 0 aliphatic heterocycles. The molecule has 0 bridgehead atoms. The molecular weight excluding hydrogens is 566 g/mol. The Hall–Kier alpha value is -4.56. The Balaban J connectivity index is 1.63. The van der Waals surface area contributed by atoms with Gasteiger partial charge in [-0.25, -0.2) is 19.7 Å². The van der Waals surface area contributed by atoms with Crippen LogP contribution >= 0.6 is 0 Å². The molecule has 0 radical (unpaired) electrons. The van der Waals surface area contributed by atoms with Gasteiger partial charge in [-0.1, -0.05) is 68.0 Å². The highest BCUT2D eigenvalue weighted by atomic mass is 16.6. The molecule has 0 aliphatic rings. The lowest BCUT2D eigenvalue weighted by molar-refractivity contribution is -0.149. The second kappa shape index (κ2) is 14.9. The maximum Gasteiger partial charge on any atom is 0.330 e. The van der Waals surface area contributed by atoms with Gasteiger partial charge in [0.05, 0.1) is 18.3 Å². The van der Waals surface area contributed by atoms with Crippen LogP contribution in [0.25, 0.3) is 34.2 Å². The topological polar surface area (TPSA) is 104 Å². The Kier molecular flexibility index (Phi) is 11.1. The van der Waals surface area contributed by atoms with Crippen molar-refractivity contribution in [1.29, 1.82) is 0 Å². The Bertz CT molecular complexity index is 1600. The highest BCUT2D eigenvalue weighted by molar-refractivity contribution is 5.81. The van der Waals surface area contributed by atoms with Crippen LogP contribution in [0, 0.1) is 33.6 Å². The summed E-state index contributed by atoms with van der Waals surface area (Å²) in [5.74, 6) is 1.63. The van der Waals surface area contributed by atoms with E-state index in [0.717, 1.165) is 45.9 Å². The summed E-state index contributed by atoms with van der Waals surface area (Å²) in [6.07, 6.45) is 1.33. The molecule has 0 saturated carbocycles. The van der Waals surface area contributed by atoms with E-state index in [9.17, 15) is 9.90 Å². The number of aromatic hydroxyl groups is 1. The Morgan fingerprint density at radius 1 is 0.800 bits per heavy atom. The van der Waals surface area contributed by atoms with Gasteiger partial charge in [-0.2, -0.15) is 0 Å². The number of ether oxygens (including phenoxy) is 3. The zero-order valence-electron chi connectivity index (χ0n) is 27.3. The number of phenols is 1. The quantitative estimate of drug-likeness (QED) is 0.121. The van der Waals surface area contributed by atoms with Gasteiger partial charge in [0.15, 0.2) is 23.6 Å². The molecule has 1 N–H and O–H groups in total. The van der Waals surface area contributed by atoms with Crippen molar-refractivity contribution in [2.75, 3.05) is 13.2 Å². The third-order valence-electron chi connectivity index (χ3n) is 7.35. The molecule has 4 aromatic rings. The van der Waals surface area contributed by atoms with E-state index in [-0.39, 0.29) is 25.1 Å². The Morgan fingerprint density at radius 2 is 1.33 bits per heavy atom. The number of carbonyl (C=O) groups is 1. The van der Waals surface area contributed by atoms with Gasteiger partial charge in [-0.05, 0) is 70.2 Å². The maximum atomic E-state index is 11.9. The van der Waals surface area contributed by atoms with Gasteiger partial charge < -0.3 is 19.3 Å². The van der Waals surface area contributed by atoms with Crippen molar-refractivity contribution >= 4 is 5.97 Å². The first-order valence-electron chi connectivity index (χ1n) is 15.3. The van der Waals surface area contributed by atoms with Gasteiger partial charge in [0.2, 0.25) is 0 Å². The number of rotatable bonds is 13. The van der Waals surface area contributed by atoms with E-state index in [0.29, 0.717) is 34.7 Å². The SMILES string of the molecule is C=CC(=O)OC(COc1ccc(-c2nc(-c3ccc(C)cc3C)nc(-c3ccc(C)cc3C)n2)c(O)c1)COC(C)CC(C)C. The van der Waals surface area contributed by atoms with Gasteiger partial charge in [0.25, 0.3) is 0 Å². The molecule has 8 nitrogen and oxygen atoms in total. The third kappa shape index (κ3) is 8.99. The average molecular weight is 610 g/mol. The van der Waals surface area contributed by atoms with Gasteiger partial charge in [-0.15, -0.1) is 0 Å². The Morgan fingerprint density at radius 3 is 1.82 bits per heavy atom. The van der Waals surface area contributed by atoms with Crippen LogP contribution in [0.4, 0.5) is 0 Å². The van der Waals surface area contributed by atoms with E-state index in [4.69, 9.17) is 29.2 Å². The predicted molar refractivity (Wildman–Crippen MR) is 177 cm³/mol. The number of esters is 1. The third-order valence-corrected chi connectivity index (χ3v) is 7.35. The van der Waals surface area contributed by atoms with E-state index in [1.54, 1.807) is 12.1 Å². The molecule has 236 valence electrons. The summed E-state index contributed by atoms with van der Waals surface area (Å²) < 4.78 is 17.3. The number of nitrogens with zero attached hydrogens (tertiary/aromatic N) is 3. The lowest BCUT2D eigenvalue weighted by Gasteiger charge is -2.21. The van der Waals surface area contributed by atoms with E-state index >= 15 is 0 Å². The standard InChI is InChI=1S/C37H43N3O5/c1-9-34(42)45-29(20-43-27(8)16-22(2)3)21-44-28-12-15-32(33(41)19-28)37-39-35(30-13-10-23(4)17-25(30)6)38-36(40-37)31-14-11-24(5)18-26(31)7/h9-15,17-19,22,27,29,41H,1,16,20-21H2,2-8H3. The molecule has 45 heavy (non-hydrogen) atoms. The van der Waals surface area contributed by atoms with Crippen LogP contribution in [0.2, 0.25) is 0 Å². The molecule has 3 aromatic carbocycles. The molecule has 4 rings (SSSR count). The largest absolute Gasteiger partial charge is 0.507 e. The van der Waals surface area contributed by atoms with Gasteiger partial charge in [0, 0.05) is 23.3 Å². The molecule has 0 amide bonds. The van der Waals surface area contributed by atoms with Crippen molar-refractivity contribution in [2.45, 2.75) is 67.1 Å². The van der Waals surface area contributed by atoms with E-state index in [1.165, 1.54) is 6.07 Å². The first kappa shape index (κ1) is 33.3. The fourth-order valence-electron chi connectivity index (χ4n) is 5.18. The van der Waals surface area contributed by atoms with Gasteiger partial charge >= 0.3 is 5.97 Å². The number of hydrogen-bond donors (Lipinski definition) is 1. The smallest absolute Gasteiger partial charge is 0.330 e. The average Bonchev–Trinajstić information content (AvgIpc) is 2.97. The first-order valence-corrected chi connectivity index (χ1v) is 15.3. The molecule has 2 unspecified atom stereocenters. The van der Waals surface area contributed by atoms with E-state index in [2.05, 4.69) is 32.6 Å². The number of hydrogen-bond acceptors (Lipinski definition) is 8. The van der Waals surface area contributed by atoms with Crippen molar-refractivity contribution in [1.82, 2.24) is 15.0 Å². The molecule has 0 saturated heterocycles. The number of benzene rings is 3. The summed E-state index contributed by atoms with van der Waals surface area (Å²) in [6.45, 7) is 18.1. The summed E-state index contributed by atoms with van der Waals surface area (Å²) in [5.41, 5.74) is 6.58. The van der Waals surface area contributed by atoms with Crippen molar-refractivity contribution in [2.24, 2.45) is 5.92 Å². The highest BCUT2D eigenvalue weighted by Gasteiger charge is 2.20. The van der Waals surface area contributed by atoms with Crippen molar-refractivity contribution in [3.63, 3.8) is 0 Å². The molecule has 2 atom stereocenters. The molecule has 0 aliphatic carbocycles. The molecule has 0 spiro atoms. The lowest BCUT2D eigenvalue weighted by Crippen LogP contribution is -2.31. The van der Waals surface area contributed by atoms with E-state index in [1.807, 2.05) is 58.9 Å². The molecule has 8 heteroatoms. The molecule has 1 aromatic heterocycles. The Labute approximate surface area is 266 Å². The van der Waals surface area contributed by atoms with E-state index < -0.39 is 12.1 Å². The van der Waals surface area contributed by atoms with Gasteiger partial charge in [0.1, 0.15) is 18.1 Å². The molecule has 0 fully saturated rings. The number of aromatic nitrogens is 3. The van der Waals surface area contributed by atoms with Crippen LogP contribution in [0.15, 0.2) is 67.3 Å². The zero-order chi connectivity index (χ0) is 32.7. The normalized spacial score (nSPS) is 12.5. The monoisotopic (exact) mass is 609 g/mol. The fraction of sp³-hybridized carbons (Fsp3) is 0.351. The second-order valence-electron chi connectivity index (χ2n) is 12.0. The van der Waals surface area contributed by atoms with Crippen LogP contribution in [0.5, 0.6) is 11.5 Å². The summed E-state index contributed by atoms with van der Waals surface area (Å²) in [5, 5.41) is 11.2. The van der Waals surface area contributed by atoms with Crippen LogP contribution in [0.1, 0.15) is 49.4 Å². The fourth-order valence-corrected chi connectivity index (χ4v) is 5.18. The highest BCUT2D eigenvalue weighted by Crippen LogP contribution is 2.34. The van der Waals surface area contributed by atoms with Crippen LogP contribution in [-0.4, -0.2) is 51.4 Å². The molecular formula is C37H43N3O5. The van der Waals surface area contributed by atoms with Crippen molar-refractivity contribution < 1.29 is 24.1 Å². The van der Waals surface area contributed by atoms with Crippen LogP contribution in [-0.2, 0) is 14.3 Å². The summed E-state index contributed by atoms with van der Waals surface area (Å²) in [7, 11) is 0. The predicted octanol–water partition coefficient (Wildman–Crippen LogP) is 7.74. The summed E-state index contributed by atoms with van der Waals surface area (Å²) in [4.78, 5) is 26.4. The maximum absolute atomic E-state index is 11.9. The minimum atomic E-state index is -0.656. The summed E-state index contributed by atoms with van der Waals surface area (Å²) >= 11 is 0. The number of aryl methyl sites for hydroxylation is 4. The first-order chi connectivity index (χ1) is 21.4. The van der Waals surface area contributed by atoms with Crippen molar-refractivity contribution in [3.8, 4) is 45.7 Å². The minimum absolute atomic E-state index is 0.000740. The lowest BCUT2D eigenvalue weighted by atomic mass is 10.0. The number of carbonyl (C=O) groups excluding carboxylic acids is 1. The van der Waals surface area contributed by atoms with Crippen molar-refractivity contribution in [3.05, 3.63) is 89.5 Å². The van der Waals surface area contributed by atoms with Gasteiger partial charge in [-0.3, -0.25) is 0 Å². The van der Waals surface area contributed by atoms with Crippen LogP contribution in [0.3, 0.4) is 0 Å². The minimum Gasteiger partial charge on any atom is -0.507 e. The number of phenolic OH excluding ortho intramolecular Hbond substituents is 1. The van der Waals surface area contributed by atoms with Crippen LogP contribution < -0.4 is 4.74 Å². The summed E-state index contributed by atoms with van der Waals surface area (Å²) in [6, 6.07) is 17.2. The molecule has 1 heterocycles. The zero-order valence-corrected chi connectivity index (χ0v) is 27.3.